The van der Waals surface area contributed by atoms with E-state index >= 15 is 0 Å². The van der Waals surface area contributed by atoms with Gasteiger partial charge in [-0.25, -0.2) is 9.59 Å². The lowest BCUT2D eigenvalue weighted by Crippen LogP contribution is -2.47. The molecule has 278 valence electrons. The average molecular weight is 708 g/mol. The summed E-state index contributed by atoms with van der Waals surface area (Å²) in [6.07, 6.45) is 1.43. The van der Waals surface area contributed by atoms with Crippen molar-refractivity contribution in [1.82, 2.24) is 16.0 Å². The molecule has 0 aliphatic carbocycles. The summed E-state index contributed by atoms with van der Waals surface area (Å²) >= 11 is 0. The summed E-state index contributed by atoms with van der Waals surface area (Å²) in [6, 6.07) is 4.67. The third kappa shape index (κ3) is 19.8. The summed E-state index contributed by atoms with van der Waals surface area (Å²) in [5.74, 6) is -6.27. The van der Waals surface area contributed by atoms with E-state index in [1.54, 1.807) is 24.3 Å². The molecule has 1 aromatic carbocycles. The maximum Gasteiger partial charge on any atom is 0.372 e. The number of carboxylic acid groups (broad SMARTS) is 2. The zero-order chi connectivity index (χ0) is 37.3. The summed E-state index contributed by atoms with van der Waals surface area (Å²) in [5, 5.41) is 28.6. The van der Waals surface area contributed by atoms with Gasteiger partial charge in [-0.05, 0) is 62.8 Å². The molecule has 0 unspecified atom stereocenters. The highest BCUT2D eigenvalue weighted by Gasteiger charge is 2.21. The van der Waals surface area contributed by atoms with E-state index in [0.717, 1.165) is 18.7 Å². The Morgan fingerprint density at radius 3 is 2.04 bits per heavy atom. The Morgan fingerprint density at radius 2 is 1.40 bits per heavy atom. The second-order valence-corrected chi connectivity index (χ2v) is 11.3. The first-order valence-electron chi connectivity index (χ1n) is 16.5. The summed E-state index contributed by atoms with van der Waals surface area (Å²) in [6.45, 7) is 3.00. The van der Waals surface area contributed by atoms with Crippen LogP contribution in [0.3, 0.4) is 0 Å². The number of ether oxygens (including phenoxy) is 2. The van der Waals surface area contributed by atoms with Gasteiger partial charge in [0.2, 0.25) is 23.5 Å². The quantitative estimate of drug-likeness (QED) is 0.0443. The number of rotatable bonds is 29. The van der Waals surface area contributed by atoms with E-state index in [0.29, 0.717) is 12.0 Å². The maximum absolute atomic E-state index is 12.4. The van der Waals surface area contributed by atoms with Crippen LogP contribution in [0, 0.1) is 0 Å². The van der Waals surface area contributed by atoms with Gasteiger partial charge in [0.05, 0.1) is 13.2 Å². The van der Waals surface area contributed by atoms with Gasteiger partial charge in [-0.1, -0.05) is 6.92 Å². The zero-order valence-electron chi connectivity index (χ0n) is 28.3. The smallest absolute Gasteiger partial charge is 0.372 e. The molecule has 50 heavy (non-hydrogen) atoms. The van der Waals surface area contributed by atoms with Crippen molar-refractivity contribution in [3.63, 3.8) is 0 Å². The second kappa shape index (κ2) is 25.1. The van der Waals surface area contributed by atoms with E-state index in [1.165, 1.54) is 0 Å². The van der Waals surface area contributed by atoms with Crippen LogP contribution >= 0.6 is 0 Å². The Hall–Kier alpha value is -4.90. The van der Waals surface area contributed by atoms with E-state index in [2.05, 4.69) is 21.3 Å². The maximum atomic E-state index is 12.4. The highest BCUT2D eigenvalue weighted by atomic mass is 16.5. The number of carbonyl (C=O) groups excluding carboxylic acids is 6. The summed E-state index contributed by atoms with van der Waals surface area (Å²) in [7, 11) is 0. The van der Waals surface area contributed by atoms with Crippen LogP contribution in [0.1, 0.15) is 81.5 Å². The van der Waals surface area contributed by atoms with Crippen molar-refractivity contribution >= 4 is 52.8 Å². The number of hydrogen-bond donors (Lipinski definition) is 7. The number of carboxylic acids is 2. The van der Waals surface area contributed by atoms with Crippen molar-refractivity contribution in [3.05, 3.63) is 29.8 Å². The van der Waals surface area contributed by atoms with E-state index in [9.17, 15) is 43.5 Å². The first kappa shape index (κ1) is 43.1. The van der Waals surface area contributed by atoms with Crippen LogP contribution in [0.2, 0.25) is 0 Å². The largest absolute Gasteiger partial charge is 0.480 e. The number of nitrogens with two attached hydrogens (primary N) is 1. The number of hydrogen-bond acceptors (Lipinski definition) is 11. The molecule has 0 aromatic heterocycles. The highest BCUT2D eigenvalue weighted by molar-refractivity contribution is 6.32. The van der Waals surface area contributed by atoms with Gasteiger partial charge in [-0.3, -0.25) is 28.8 Å². The van der Waals surface area contributed by atoms with Gasteiger partial charge >= 0.3 is 11.9 Å². The standard InChI is InChI=1S/C33H49N5O12/c1-2-16-35-23-11-9-22(10-12-23)31(44)36-17-15-25(30(34)43)37-29(42)21-50-20-19-49-18-5-6-24(39)13-14-26(32(45)46)38-28(41)8-4-3-7-27(40)33(47)48/h9-12,25-26,35H,2-8,13-21H2,1H3,(H2,34,43)(H,36,44)(H,37,42)(H,38,41)(H,45,46)(H,47,48)/t25-,26-/m0/s1. The van der Waals surface area contributed by atoms with Crippen molar-refractivity contribution in [1.29, 1.82) is 0 Å². The minimum absolute atomic E-state index is 0.0568. The molecule has 1 rings (SSSR count). The number of primary amides is 1. The van der Waals surface area contributed by atoms with Crippen LogP contribution in [0.25, 0.3) is 0 Å². The van der Waals surface area contributed by atoms with Crippen molar-refractivity contribution in [3.8, 4) is 0 Å². The van der Waals surface area contributed by atoms with Crippen molar-refractivity contribution in [2.24, 2.45) is 5.73 Å². The van der Waals surface area contributed by atoms with Crippen LogP contribution in [0.4, 0.5) is 5.69 Å². The van der Waals surface area contributed by atoms with Crippen LogP contribution in [-0.4, -0.2) is 109 Å². The number of nitrogens with one attached hydrogen (secondary N) is 4. The van der Waals surface area contributed by atoms with Gasteiger partial charge in [0.1, 0.15) is 24.5 Å². The van der Waals surface area contributed by atoms with Crippen LogP contribution in [-0.2, 0) is 43.0 Å². The van der Waals surface area contributed by atoms with E-state index < -0.39 is 47.5 Å². The minimum atomic E-state index is -1.55. The first-order chi connectivity index (χ1) is 23.8. The molecule has 0 saturated carbocycles. The Labute approximate surface area is 290 Å². The Bertz CT molecular complexity index is 1290. The van der Waals surface area contributed by atoms with E-state index in [-0.39, 0.29) is 96.0 Å². The van der Waals surface area contributed by atoms with Gasteiger partial charge in [0, 0.05) is 56.6 Å². The van der Waals surface area contributed by atoms with Crippen LogP contribution < -0.4 is 27.0 Å². The Balaban J connectivity index is 2.18. The van der Waals surface area contributed by atoms with Gasteiger partial charge in [0.25, 0.3) is 5.91 Å². The normalized spacial score (nSPS) is 11.9. The van der Waals surface area contributed by atoms with Crippen LogP contribution in [0.5, 0.6) is 0 Å². The van der Waals surface area contributed by atoms with Gasteiger partial charge in [-0.15, -0.1) is 0 Å². The number of Topliss-reactive ketones (excluding diaryl/α,β-unsaturated/α-hetero) is 2. The molecule has 1 aromatic rings. The molecule has 0 heterocycles. The second-order valence-electron chi connectivity index (χ2n) is 11.3. The van der Waals surface area contributed by atoms with E-state index in [1.807, 2.05) is 6.92 Å². The molecule has 17 nitrogen and oxygen atoms in total. The molecule has 0 bridgehead atoms. The molecule has 2 atom stereocenters. The molecule has 0 spiro atoms. The fourth-order valence-corrected chi connectivity index (χ4v) is 4.35. The summed E-state index contributed by atoms with van der Waals surface area (Å²) in [4.78, 5) is 93.5. The lowest BCUT2D eigenvalue weighted by molar-refractivity contribution is -0.149. The van der Waals surface area contributed by atoms with Crippen molar-refractivity contribution in [2.45, 2.75) is 83.2 Å². The summed E-state index contributed by atoms with van der Waals surface area (Å²) < 4.78 is 10.6. The Kier molecular flexibility index (Phi) is 21.7. The van der Waals surface area contributed by atoms with Gasteiger partial charge in [0.15, 0.2) is 0 Å². The predicted octanol–water partition coefficient (Wildman–Crippen LogP) is 0.545. The molecule has 0 aliphatic rings. The molecular formula is C33H49N5O12. The number of aliphatic carboxylic acids is 2. The number of ketones is 2. The SMILES string of the molecule is CCCNc1ccc(C(=O)NCC[C@H](NC(=O)COCCOCCCC(=O)CC[C@H](NC(=O)CCCCC(=O)C(=O)O)C(=O)O)C(N)=O)cc1. The monoisotopic (exact) mass is 707 g/mol. The molecule has 0 saturated heterocycles. The van der Waals surface area contributed by atoms with Crippen molar-refractivity contribution < 1.29 is 58.0 Å². The molecule has 17 heteroatoms. The third-order valence-corrected chi connectivity index (χ3v) is 7.11. The van der Waals surface area contributed by atoms with Crippen molar-refractivity contribution in [2.75, 3.05) is 44.8 Å². The lowest BCUT2D eigenvalue weighted by atomic mass is 10.1. The molecule has 0 fully saturated rings. The highest BCUT2D eigenvalue weighted by Crippen LogP contribution is 2.10. The number of unbranched alkanes of at least 4 members (excludes halogenated alkanes) is 1. The first-order valence-corrected chi connectivity index (χ1v) is 16.5. The fourth-order valence-electron chi connectivity index (χ4n) is 4.35. The fraction of sp³-hybridized carbons (Fsp3) is 0.576. The summed E-state index contributed by atoms with van der Waals surface area (Å²) in [5.41, 5.74) is 6.74. The molecular weight excluding hydrogens is 658 g/mol. The molecule has 0 radical (unpaired) electrons. The number of carbonyl (C=O) groups is 8. The molecule has 0 aliphatic heterocycles. The number of anilines is 1. The van der Waals surface area contributed by atoms with Gasteiger partial charge in [-0.2, -0.15) is 0 Å². The number of benzene rings is 1. The predicted molar refractivity (Wildman–Crippen MR) is 179 cm³/mol. The molecule has 4 amide bonds. The number of amides is 4. The average Bonchev–Trinajstić information content (AvgIpc) is 3.07. The topological polar surface area (TPSA) is 270 Å². The van der Waals surface area contributed by atoms with Crippen LogP contribution in [0.15, 0.2) is 24.3 Å². The lowest BCUT2D eigenvalue weighted by Gasteiger charge is -2.16. The van der Waals surface area contributed by atoms with E-state index in [4.69, 9.17) is 20.3 Å². The Morgan fingerprint density at radius 1 is 0.740 bits per heavy atom. The van der Waals surface area contributed by atoms with Gasteiger partial charge < -0.3 is 46.7 Å². The molecule has 8 N–H and O–H groups in total. The zero-order valence-corrected chi connectivity index (χ0v) is 28.3. The minimum Gasteiger partial charge on any atom is -0.480 e. The third-order valence-electron chi connectivity index (χ3n) is 7.11.